The summed E-state index contributed by atoms with van der Waals surface area (Å²) in [6.45, 7) is 0. The minimum atomic E-state index is -0.906. The summed E-state index contributed by atoms with van der Waals surface area (Å²) in [6, 6.07) is 11.6. The number of nitrogens with one attached hydrogen (secondary N) is 1. The van der Waals surface area contributed by atoms with Crippen molar-refractivity contribution in [2.24, 2.45) is 0 Å². The summed E-state index contributed by atoms with van der Waals surface area (Å²) < 4.78 is 28.4. The monoisotopic (exact) mass is 350 g/mol. The maximum absolute atomic E-state index is 13.7. The highest BCUT2D eigenvalue weighted by Crippen LogP contribution is 2.21. The summed E-state index contributed by atoms with van der Waals surface area (Å²) in [5.74, 6) is -1.69. The van der Waals surface area contributed by atoms with Crippen LogP contribution in [0.2, 0.25) is 0 Å². The van der Waals surface area contributed by atoms with E-state index in [0.717, 1.165) is 23.4 Å². The lowest BCUT2D eigenvalue weighted by molar-refractivity contribution is 0.102. The molecule has 4 aromatic rings. The van der Waals surface area contributed by atoms with Crippen molar-refractivity contribution in [3.8, 4) is 11.3 Å². The molecular weight excluding hydrogens is 338 g/mol. The van der Waals surface area contributed by atoms with Gasteiger partial charge in [-0.15, -0.1) is 0 Å². The smallest absolute Gasteiger partial charge is 0.258 e. The number of imidazole rings is 1. The van der Waals surface area contributed by atoms with Crippen LogP contribution in [-0.2, 0) is 0 Å². The summed E-state index contributed by atoms with van der Waals surface area (Å²) >= 11 is 0. The SMILES string of the molecule is O=C(Nc1ccc(-c2cn3cccnc3n2)cc1)c1ccc(F)cc1F. The Bertz CT molecular complexity index is 1070. The highest BCUT2D eigenvalue weighted by atomic mass is 19.1. The van der Waals surface area contributed by atoms with Crippen molar-refractivity contribution in [2.45, 2.75) is 0 Å². The Morgan fingerprint density at radius 2 is 1.88 bits per heavy atom. The van der Waals surface area contributed by atoms with Gasteiger partial charge in [0.05, 0.1) is 11.3 Å². The van der Waals surface area contributed by atoms with Gasteiger partial charge >= 0.3 is 0 Å². The van der Waals surface area contributed by atoms with Crippen molar-refractivity contribution in [1.82, 2.24) is 14.4 Å². The maximum atomic E-state index is 13.7. The molecule has 2 aromatic heterocycles. The van der Waals surface area contributed by atoms with Gasteiger partial charge < -0.3 is 5.32 Å². The number of hydrogen-bond donors (Lipinski definition) is 1. The number of carbonyl (C=O) groups is 1. The molecule has 26 heavy (non-hydrogen) atoms. The lowest BCUT2D eigenvalue weighted by Crippen LogP contribution is -2.13. The van der Waals surface area contributed by atoms with Gasteiger partial charge in [0.2, 0.25) is 5.78 Å². The summed E-state index contributed by atoms with van der Waals surface area (Å²) in [7, 11) is 0. The van der Waals surface area contributed by atoms with Gasteiger partial charge in [0.15, 0.2) is 0 Å². The molecule has 0 saturated carbocycles. The van der Waals surface area contributed by atoms with Gasteiger partial charge in [-0.05, 0) is 30.3 Å². The number of rotatable bonds is 3. The minimum Gasteiger partial charge on any atom is -0.322 e. The van der Waals surface area contributed by atoms with Gasteiger partial charge in [-0.1, -0.05) is 12.1 Å². The van der Waals surface area contributed by atoms with Crippen molar-refractivity contribution in [1.29, 1.82) is 0 Å². The van der Waals surface area contributed by atoms with Gasteiger partial charge in [0.25, 0.3) is 5.91 Å². The lowest BCUT2D eigenvalue weighted by atomic mass is 10.1. The minimum absolute atomic E-state index is 0.220. The molecule has 2 heterocycles. The molecule has 0 aliphatic heterocycles. The fraction of sp³-hybridized carbons (Fsp3) is 0. The van der Waals surface area contributed by atoms with Crippen LogP contribution in [0.5, 0.6) is 0 Å². The zero-order valence-corrected chi connectivity index (χ0v) is 13.4. The van der Waals surface area contributed by atoms with Crippen molar-refractivity contribution < 1.29 is 13.6 Å². The number of amides is 1. The Balaban J connectivity index is 1.55. The third-order valence-corrected chi connectivity index (χ3v) is 3.85. The zero-order valence-electron chi connectivity index (χ0n) is 13.4. The van der Waals surface area contributed by atoms with Gasteiger partial charge in [0.1, 0.15) is 11.6 Å². The van der Waals surface area contributed by atoms with Gasteiger partial charge in [-0.3, -0.25) is 9.20 Å². The van der Waals surface area contributed by atoms with Crippen molar-refractivity contribution >= 4 is 17.4 Å². The Labute approximate surface area is 147 Å². The van der Waals surface area contributed by atoms with E-state index in [1.54, 1.807) is 30.5 Å². The number of benzene rings is 2. The topological polar surface area (TPSA) is 59.3 Å². The van der Waals surface area contributed by atoms with Crippen molar-refractivity contribution in [3.05, 3.63) is 84.3 Å². The molecule has 2 aromatic carbocycles. The van der Waals surface area contributed by atoms with Gasteiger partial charge in [-0.25, -0.2) is 18.7 Å². The molecule has 7 heteroatoms. The fourth-order valence-corrected chi connectivity index (χ4v) is 2.57. The second kappa shape index (κ2) is 6.36. The van der Waals surface area contributed by atoms with E-state index < -0.39 is 17.5 Å². The first kappa shape index (κ1) is 15.9. The number of nitrogens with zero attached hydrogens (tertiary/aromatic N) is 3. The molecule has 128 valence electrons. The summed E-state index contributed by atoms with van der Waals surface area (Å²) in [5, 5.41) is 2.58. The molecular formula is C19H12F2N4O. The molecule has 0 bridgehead atoms. The third-order valence-electron chi connectivity index (χ3n) is 3.85. The first-order chi connectivity index (χ1) is 12.6. The number of carbonyl (C=O) groups excluding carboxylic acids is 1. The van der Waals surface area contributed by atoms with E-state index in [9.17, 15) is 13.6 Å². The van der Waals surface area contributed by atoms with E-state index in [2.05, 4.69) is 15.3 Å². The van der Waals surface area contributed by atoms with Crippen LogP contribution in [0, 0.1) is 11.6 Å². The normalized spacial score (nSPS) is 10.8. The first-order valence-electron chi connectivity index (χ1n) is 7.77. The van der Waals surface area contributed by atoms with Crippen LogP contribution in [0.25, 0.3) is 17.0 Å². The van der Waals surface area contributed by atoms with Crippen LogP contribution >= 0.6 is 0 Å². The number of halogens is 2. The molecule has 4 rings (SSSR count). The Morgan fingerprint density at radius 1 is 1.08 bits per heavy atom. The van der Waals surface area contributed by atoms with E-state index in [-0.39, 0.29) is 5.56 Å². The predicted molar refractivity (Wildman–Crippen MR) is 92.7 cm³/mol. The average Bonchev–Trinajstić information content (AvgIpc) is 3.06. The molecule has 5 nitrogen and oxygen atoms in total. The number of hydrogen-bond acceptors (Lipinski definition) is 3. The summed E-state index contributed by atoms with van der Waals surface area (Å²) in [6.07, 6.45) is 5.37. The van der Waals surface area contributed by atoms with Crippen molar-refractivity contribution in [2.75, 3.05) is 5.32 Å². The molecule has 0 atom stereocenters. The quantitative estimate of drug-likeness (QED) is 0.609. The fourth-order valence-electron chi connectivity index (χ4n) is 2.57. The van der Waals surface area contributed by atoms with E-state index in [0.29, 0.717) is 17.5 Å². The van der Waals surface area contributed by atoms with Crippen LogP contribution in [0.1, 0.15) is 10.4 Å². The number of aromatic nitrogens is 3. The standard InChI is InChI=1S/C19H12F2N4O/c20-13-4-7-15(16(21)10-13)18(26)23-14-5-2-12(3-6-14)17-11-25-9-1-8-22-19(25)24-17/h1-11H,(H,23,26). The molecule has 0 unspecified atom stereocenters. The molecule has 0 saturated heterocycles. The average molecular weight is 350 g/mol. The highest BCUT2D eigenvalue weighted by Gasteiger charge is 2.13. The zero-order chi connectivity index (χ0) is 18.1. The third kappa shape index (κ3) is 3.02. The Morgan fingerprint density at radius 3 is 2.62 bits per heavy atom. The second-order valence-electron chi connectivity index (χ2n) is 5.61. The lowest BCUT2D eigenvalue weighted by Gasteiger charge is -2.07. The van der Waals surface area contributed by atoms with Crippen LogP contribution in [-0.4, -0.2) is 20.3 Å². The van der Waals surface area contributed by atoms with Crippen LogP contribution in [0.15, 0.2) is 67.1 Å². The molecule has 1 amide bonds. The molecule has 0 aliphatic carbocycles. The van der Waals surface area contributed by atoms with Crippen LogP contribution in [0.4, 0.5) is 14.5 Å². The second-order valence-corrected chi connectivity index (χ2v) is 5.61. The predicted octanol–water partition coefficient (Wildman–Crippen LogP) is 3.93. The van der Waals surface area contributed by atoms with E-state index in [1.165, 1.54) is 0 Å². The molecule has 0 spiro atoms. The summed E-state index contributed by atoms with van der Waals surface area (Å²) in [4.78, 5) is 20.7. The first-order valence-corrected chi connectivity index (χ1v) is 7.77. The number of fused-ring (bicyclic) bond motifs is 1. The highest BCUT2D eigenvalue weighted by molar-refractivity contribution is 6.04. The maximum Gasteiger partial charge on any atom is 0.258 e. The summed E-state index contributed by atoms with van der Waals surface area (Å²) in [5.41, 5.74) is 1.86. The van der Waals surface area contributed by atoms with Gasteiger partial charge in [0, 0.05) is 35.9 Å². The van der Waals surface area contributed by atoms with E-state index in [4.69, 9.17) is 0 Å². The van der Waals surface area contributed by atoms with Crippen molar-refractivity contribution in [3.63, 3.8) is 0 Å². The molecule has 0 aliphatic rings. The molecule has 0 fully saturated rings. The van der Waals surface area contributed by atoms with Gasteiger partial charge in [-0.2, -0.15) is 0 Å². The van der Waals surface area contributed by atoms with Crippen LogP contribution < -0.4 is 5.32 Å². The van der Waals surface area contributed by atoms with Crippen LogP contribution in [0.3, 0.4) is 0 Å². The van der Waals surface area contributed by atoms with E-state index in [1.807, 2.05) is 22.9 Å². The van der Waals surface area contributed by atoms with E-state index >= 15 is 0 Å². The molecule has 1 N–H and O–H groups in total. The number of anilines is 1. The molecule has 0 radical (unpaired) electrons. The Kier molecular flexibility index (Phi) is 3.89. The largest absolute Gasteiger partial charge is 0.322 e. The Hall–Kier alpha value is -3.61.